The van der Waals surface area contributed by atoms with E-state index in [1.54, 1.807) is 0 Å². The lowest BCUT2D eigenvalue weighted by Gasteiger charge is -2.11. The van der Waals surface area contributed by atoms with E-state index < -0.39 is 0 Å². The summed E-state index contributed by atoms with van der Waals surface area (Å²) in [6.45, 7) is 8.28. The second-order valence-corrected chi connectivity index (χ2v) is 9.93. The molecule has 4 aromatic rings. The van der Waals surface area contributed by atoms with Crippen LogP contribution < -0.4 is 5.32 Å². The fourth-order valence-corrected chi connectivity index (χ4v) is 5.35. The molecule has 1 N–H and O–H groups in total. The van der Waals surface area contributed by atoms with Crippen LogP contribution in [0.1, 0.15) is 28.1 Å². The van der Waals surface area contributed by atoms with Crippen molar-refractivity contribution < 1.29 is 4.79 Å². The Morgan fingerprint density at radius 1 is 0.829 bits per heavy atom. The van der Waals surface area contributed by atoms with Gasteiger partial charge in [-0.1, -0.05) is 48.5 Å². The summed E-state index contributed by atoms with van der Waals surface area (Å²) in [5.74, 6) is -0.116. The molecule has 1 saturated heterocycles. The van der Waals surface area contributed by atoms with Crippen LogP contribution in [0.4, 0.5) is 5.69 Å². The number of aromatic nitrogens is 1. The highest BCUT2D eigenvalue weighted by Crippen LogP contribution is 2.31. The summed E-state index contributed by atoms with van der Waals surface area (Å²) in [4.78, 5) is 18.0. The Bertz CT molecular complexity index is 1460. The van der Waals surface area contributed by atoms with Crippen LogP contribution in [0.15, 0.2) is 88.8 Å². The lowest BCUT2D eigenvalue weighted by Crippen LogP contribution is -2.19. The molecule has 1 aliphatic heterocycles. The molecule has 1 amide bonds. The predicted molar refractivity (Wildman–Crippen MR) is 147 cm³/mol. The molecule has 35 heavy (non-hydrogen) atoms. The first-order chi connectivity index (χ1) is 16.9. The van der Waals surface area contributed by atoms with Gasteiger partial charge in [-0.05, 0) is 104 Å². The topological polar surface area (TPSA) is 46.4 Å². The van der Waals surface area contributed by atoms with Crippen molar-refractivity contribution in [3.63, 3.8) is 0 Å². The number of nitrogens with zero attached hydrogens (tertiary/aromatic N) is 2. The minimum atomic E-state index is -0.116. The first kappa shape index (κ1) is 22.9. The second-order valence-electron chi connectivity index (χ2n) is 8.90. The van der Waals surface area contributed by atoms with Crippen LogP contribution in [0.2, 0.25) is 0 Å². The molecule has 0 aliphatic carbocycles. The lowest BCUT2D eigenvalue weighted by molar-refractivity contribution is -0.115. The summed E-state index contributed by atoms with van der Waals surface area (Å²) in [7, 11) is 0. The number of carbonyl (C=O) groups excluding carboxylic acids is 1. The number of hydrogen-bond donors (Lipinski definition) is 1. The Kier molecular flexibility index (Phi) is 6.18. The van der Waals surface area contributed by atoms with Crippen LogP contribution in [0.5, 0.6) is 0 Å². The van der Waals surface area contributed by atoms with Crippen LogP contribution in [0.25, 0.3) is 22.9 Å². The fourth-order valence-electron chi connectivity index (χ4n) is 4.52. The Morgan fingerprint density at radius 3 is 2.17 bits per heavy atom. The zero-order valence-electron chi connectivity index (χ0n) is 20.3. The third kappa shape index (κ3) is 4.86. The number of aliphatic imine (C=N–C) groups is 1. The van der Waals surface area contributed by atoms with E-state index in [1.807, 2.05) is 38.1 Å². The summed E-state index contributed by atoms with van der Waals surface area (Å²) >= 11 is 1.38. The number of amides is 1. The summed E-state index contributed by atoms with van der Waals surface area (Å²) in [5.41, 5.74) is 9.89. The number of thioether (sulfide) groups is 1. The van der Waals surface area contributed by atoms with Gasteiger partial charge < -0.3 is 9.88 Å². The third-order valence-corrected chi connectivity index (χ3v) is 6.99. The highest BCUT2D eigenvalue weighted by atomic mass is 32.2. The molecule has 4 nitrogen and oxygen atoms in total. The van der Waals surface area contributed by atoms with E-state index in [4.69, 9.17) is 0 Å². The number of nitrogens with one attached hydrogen (secondary N) is 1. The molecule has 0 radical (unpaired) electrons. The van der Waals surface area contributed by atoms with E-state index in [0.717, 1.165) is 39.5 Å². The maximum absolute atomic E-state index is 12.7. The van der Waals surface area contributed by atoms with Gasteiger partial charge in [-0.25, -0.2) is 4.99 Å². The summed E-state index contributed by atoms with van der Waals surface area (Å²) < 4.78 is 2.23. The molecule has 1 aromatic heterocycles. The van der Waals surface area contributed by atoms with Gasteiger partial charge in [0, 0.05) is 17.1 Å². The first-order valence-electron chi connectivity index (χ1n) is 11.6. The van der Waals surface area contributed by atoms with Gasteiger partial charge in [-0.2, -0.15) is 0 Å². The van der Waals surface area contributed by atoms with Gasteiger partial charge >= 0.3 is 0 Å². The maximum Gasteiger partial charge on any atom is 0.264 e. The smallest absolute Gasteiger partial charge is 0.264 e. The van der Waals surface area contributed by atoms with Gasteiger partial charge in [0.15, 0.2) is 5.17 Å². The number of benzene rings is 3. The van der Waals surface area contributed by atoms with Gasteiger partial charge in [-0.15, -0.1) is 0 Å². The van der Waals surface area contributed by atoms with Crippen molar-refractivity contribution in [1.29, 1.82) is 0 Å². The molecule has 174 valence electrons. The molecule has 1 fully saturated rings. The summed E-state index contributed by atoms with van der Waals surface area (Å²) in [6, 6.07) is 27.2. The van der Waals surface area contributed by atoms with E-state index in [1.165, 1.54) is 22.9 Å². The number of aryl methyl sites for hydroxylation is 3. The van der Waals surface area contributed by atoms with Crippen molar-refractivity contribution in [2.75, 3.05) is 0 Å². The van der Waals surface area contributed by atoms with Crippen LogP contribution in [0, 0.1) is 27.7 Å². The maximum atomic E-state index is 12.7. The molecule has 1 aliphatic rings. The van der Waals surface area contributed by atoms with E-state index in [9.17, 15) is 4.79 Å². The van der Waals surface area contributed by atoms with E-state index >= 15 is 0 Å². The van der Waals surface area contributed by atoms with Crippen molar-refractivity contribution in [2.45, 2.75) is 27.7 Å². The number of rotatable bonds is 4. The highest BCUT2D eigenvalue weighted by molar-refractivity contribution is 8.18. The summed E-state index contributed by atoms with van der Waals surface area (Å²) in [5, 5.41) is 3.51. The van der Waals surface area contributed by atoms with Gasteiger partial charge in [0.05, 0.1) is 10.6 Å². The van der Waals surface area contributed by atoms with Crippen molar-refractivity contribution in [2.24, 2.45) is 4.99 Å². The molecule has 5 rings (SSSR count). The van der Waals surface area contributed by atoms with E-state index in [0.29, 0.717) is 10.1 Å². The van der Waals surface area contributed by atoms with Crippen molar-refractivity contribution >= 4 is 34.6 Å². The van der Waals surface area contributed by atoms with Crippen LogP contribution >= 0.6 is 11.8 Å². The van der Waals surface area contributed by atoms with Gasteiger partial charge in [0.1, 0.15) is 0 Å². The third-order valence-electron chi connectivity index (χ3n) is 6.08. The van der Waals surface area contributed by atoms with Gasteiger partial charge in [-0.3, -0.25) is 4.79 Å². The zero-order valence-corrected chi connectivity index (χ0v) is 21.1. The molecule has 5 heteroatoms. The minimum Gasteiger partial charge on any atom is -0.318 e. The highest BCUT2D eigenvalue weighted by Gasteiger charge is 2.24. The van der Waals surface area contributed by atoms with E-state index in [-0.39, 0.29) is 5.91 Å². The largest absolute Gasteiger partial charge is 0.318 e. The van der Waals surface area contributed by atoms with Gasteiger partial charge in [0.2, 0.25) is 0 Å². The molecule has 0 saturated carbocycles. The monoisotopic (exact) mass is 477 g/mol. The number of hydrogen-bond acceptors (Lipinski definition) is 3. The predicted octanol–water partition coefficient (Wildman–Crippen LogP) is 7.27. The standard InChI is InChI=1S/C30H27N3OS/c1-19-14-20(2)16-26(15-19)31-30-32-29(34)28(35-30)18-25-17-21(3)33(22(25)4)27-12-10-24(11-13-27)23-8-6-5-7-9-23/h5-18H,1-4H3,(H,31,32,34)/b28-18+. The molecule has 0 spiro atoms. The molecular weight excluding hydrogens is 450 g/mol. The Morgan fingerprint density at radius 2 is 1.49 bits per heavy atom. The Balaban J connectivity index is 1.41. The SMILES string of the molecule is Cc1cc(C)cc(N=C2NC(=O)/C(=C\c3cc(C)n(-c4ccc(-c5ccccc5)cc4)c3C)S2)c1. The molecule has 3 aromatic carbocycles. The minimum absolute atomic E-state index is 0.116. The average Bonchev–Trinajstić information content (AvgIpc) is 3.31. The Hall–Kier alpha value is -3.83. The van der Waals surface area contributed by atoms with Crippen molar-refractivity contribution in [3.8, 4) is 16.8 Å². The van der Waals surface area contributed by atoms with Crippen LogP contribution in [-0.4, -0.2) is 15.6 Å². The summed E-state index contributed by atoms with van der Waals surface area (Å²) in [6.07, 6.45) is 1.96. The molecule has 0 unspecified atom stereocenters. The van der Waals surface area contributed by atoms with Crippen molar-refractivity contribution in [3.05, 3.63) is 112 Å². The van der Waals surface area contributed by atoms with Gasteiger partial charge in [0.25, 0.3) is 5.91 Å². The normalized spacial score (nSPS) is 15.7. The van der Waals surface area contributed by atoms with Crippen LogP contribution in [0.3, 0.4) is 0 Å². The molecular formula is C30H27N3OS. The Labute approximate surface area is 210 Å². The van der Waals surface area contributed by atoms with Crippen molar-refractivity contribution in [1.82, 2.24) is 9.88 Å². The van der Waals surface area contributed by atoms with E-state index in [2.05, 4.69) is 89.4 Å². The van der Waals surface area contributed by atoms with Crippen LogP contribution in [-0.2, 0) is 4.79 Å². The lowest BCUT2D eigenvalue weighted by atomic mass is 10.1. The molecule has 0 bridgehead atoms. The molecule has 0 atom stereocenters. The average molecular weight is 478 g/mol. The fraction of sp³-hybridized carbons (Fsp3) is 0.133. The second kappa shape index (κ2) is 9.43. The number of carbonyl (C=O) groups is 1. The zero-order chi connectivity index (χ0) is 24.5. The molecule has 2 heterocycles. The quantitative estimate of drug-likeness (QED) is 0.314. The number of amidine groups is 1. The first-order valence-corrected chi connectivity index (χ1v) is 12.4.